The molecular weight excluding hydrogens is 317 g/mol. The van der Waals surface area contributed by atoms with E-state index in [0.29, 0.717) is 0 Å². The van der Waals surface area contributed by atoms with Crippen LogP contribution in [0.5, 0.6) is 0 Å². The van der Waals surface area contributed by atoms with Gasteiger partial charge in [0.25, 0.3) is 0 Å². The van der Waals surface area contributed by atoms with Gasteiger partial charge in [0.2, 0.25) is 0 Å². The smallest absolute Gasteiger partial charge is 0.426 e. The Morgan fingerprint density at radius 3 is 1.25 bits per heavy atom. The van der Waals surface area contributed by atoms with E-state index < -0.39 is 9.05 Å². The molecule has 0 N–H and O–H groups in total. The third-order valence-electron chi connectivity index (χ3n) is 0. The topological polar surface area (TPSA) is 92.2 Å². The summed E-state index contributed by atoms with van der Waals surface area (Å²) in [6.07, 6.45) is 0. The molecule has 8 heavy (non-hydrogen) atoms. The minimum absolute atomic E-state index is 1.07. The molecule has 0 spiro atoms. The van der Waals surface area contributed by atoms with Crippen LogP contribution in [0.3, 0.4) is 0 Å². The van der Waals surface area contributed by atoms with Crippen LogP contribution in [0.15, 0.2) is 0 Å². The van der Waals surface area contributed by atoms with E-state index in [-0.39, 0.29) is 0 Å². The molecule has 0 aromatic carbocycles. The molecule has 6 heteroatoms. The van der Waals surface area contributed by atoms with Gasteiger partial charge in [-0.3, -0.25) is 0 Å². The van der Waals surface area contributed by atoms with Gasteiger partial charge in [-0.25, -0.2) is 0 Å². The third kappa shape index (κ3) is 255. The second-order valence-corrected chi connectivity index (χ2v) is 5.89. The van der Waals surface area contributed by atoms with Crippen molar-refractivity contribution in [3.63, 3.8) is 0 Å². The van der Waals surface area contributed by atoms with E-state index in [9.17, 15) is 0 Å². The Kier molecular flexibility index (Phi) is 8.98. The molecule has 0 aromatic heterocycles. The number of rotatable bonds is 0. The SMILES string of the molecule is C[CH2][Hg+4].[O-][Si]([O-])([O-])[O-]. The zero-order chi connectivity index (χ0) is 7.21. The first-order valence-electron chi connectivity index (χ1n) is 2.02. The van der Waals surface area contributed by atoms with Crippen molar-refractivity contribution in [3.8, 4) is 0 Å². The van der Waals surface area contributed by atoms with Gasteiger partial charge in [0.05, 0.1) is 0 Å². The van der Waals surface area contributed by atoms with Crippen molar-refractivity contribution in [1.82, 2.24) is 0 Å². The summed E-state index contributed by atoms with van der Waals surface area (Å²) >= 11 is 1.07. The maximum Gasteiger partial charge on any atom is -0.426 e. The van der Waals surface area contributed by atoms with E-state index in [0.717, 1.165) is 26.1 Å². The molecule has 43 valence electrons. The van der Waals surface area contributed by atoms with Crippen molar-refractivity contribution in [2.75, 3.05) is 0 Å². The van der Waals surface area contributed by atoms with Crippen LogP contribution in [-0.2, 0) is 26.1 Å². The zero-order valence-corrected chi connectivity index (χ0v) is 11.0. The summed E-state index contributed by atoms with van der Waals surface area (Å²) in [5.41, 5.74) is 0. The Labute approximate surface area is 65.3 Å². The van der Waals surface area contributed by atoms with E-state index in [2.05, 4.69) is 6.92 Å². The first-order valence-corrected chi connectivity index (χ1v) is 7.54. The van der Waals surface area contributed by atoms with Gasteiger partial charge in [-0.05, 0) is 0 Å². The summed E-state index contributed by atoms with van der Waals surface area (Å²) < 4.78 is 1.44. The van der Waals surface area contributed by atoms with Gasteiger partial charge >= 0.3 is 37.0 Å². The molecule has 0 saturated heterocycles. The van der Waals surface area contributed by atoms with Crippen LogP contribution in [0.2, 0.25) is 3.93 Å². The molecule has 0 aliphatic carbocycles. The van der Waals surface area contributed by atoms with Crippen LogP contribution in [0, 0.1) is 0 Å². The minimum atomic E-state index is -5.61. The van der Waals surface area contributed by atoms with Crippen molar-refractivity contribution in [1.29, 1.82) is 0 Å². The van der Waals surface area contributed by atoms with Gasteiger partial charge < -0.3 is 28.2 Å². The molecule has 0 unspecified atom stereocenters. The first-order chi connectivity index (χ1) is 3.41. The summed E-state index contributed by atoms with van der Waals surface area (Å²) in [7, 11) is -5.61. The predicted octanol–water partition coefficient (Wildman–Crippen LogP) is -4.17. The summed E-state index contributed by atoms with van der Waals surface area (Å²) in [4.78, 5) is 34.3. The van der Waals surface area contributed by atoms with Crippen LogP contribution >= 0.6 is 0 Å². The Balaban J connectivity index is 0. The Bertz CT molecular complexity index is 37.8. The van der Waals surface area contributed by atoms with E-state index >= 15 is 0 Å². The molecule has 0 atom stereocenters. The van der Waals surface area contributed by atoms with Crippen molar-refractivity contribution < 1.29 is 45.3 Å². The van der Waals surface area contributed by atoms with Gasteiger partial charge in [0.15, 0.2) is 0 Å². The van der Waals surface area contributed by atoms with E-state index in [1.165, 1.54) is 3.93 Å². The molecule has 0 bridgehead atoms. The maximum absolute atomic E-state index is 8.58. The van der Waals surface area contributed by atoms with Gasteiger partial charge in [0.1, 0.15) is 0 Å². The number of hydrogen-bond donors (Lipinski definition) is 0. The predicted molar refractivity (Wildman–Crippen MR) is 16.2 cm³/mol. The van der Waals surface area contributed by atoms with Crippen LogP contribution < -0.4 is 19.2 Å². The van der Waals surface area contributed by atoms with Crippen molar-refractivity contribution in [3.05, 3.63) is 0 Å². The zero-order valence-electron chi connectivity index (χ0n) is 4.55. The van der Waals surface area contributed by atoms with Crippen molar-refractivity contribution in [2.24, 2.45) is 0 Å². The standard InChI is InChI=1S/C2H5.Hg.O4Si/c1-2;;1-5(2,3)4/h1H2,2H3;;/q;+4;-4. The van der Waals surface area contributed by atoms with Crippen molar-refractivity contribution >= 4 is 9.05 Å². The minimum Gasteiger partial charge on any atom is -0.894 e. The fourth-order valence-corrected chi connectivity index (χ4v) is 0. The number of hydrogen-bond acceptors (Lipinski definition) is 4. The average Bonchev–Trinajstić information content (AvgIpc) is 1.27. The summed E-state index contributed by atoms with van der Waals surface area (Å²) in [6.45, 7) is 2.21. The molecule has 0 heterocycles. The van der Waals surface area contributed by atoms with Crippen LogP contribution in [-0.4, -0.2) is 9.05 Å². The fraction of sp³-hybridized carbons (Fsp3) is 1.00. The first kappa shape index (κ1) is 11.7. The maximum atomic E-state index is 8.58. The van der Waals surface area contributed by atoms with Gasteiger partial charge in [-0.15, -0.1) is 0 Å². The average molecular weight is 322 g/mol. The second-order valence-electron chi connectivity index (χ2n) is 1.00. The Morgan fingerprint density at radius 2 is 1.25 bits per heavy atom. The van der Waals surface area contributed by atoms with Gasteiger partial charge in [0, 0.05) is 0 Å². The van der Waals surface area contributed by atoms with Crippen LogP contribution in [0.4, 0.5) is 0 Å². The molecule has 0 radical (unpaired) electrons. The normalized spacial score (nSPS) is 9.88. The molecular formula is C2H5HgO4Si. The molecule has 0 rings (SSSR count). The van der Waals surface area contributed by atoms with Crippen LogP contribution in [0.1, 0.15) is 6.92 Å². The molecule has 4 nitrogen and oxygen atoms in total. The van der Waals surface area contributed by atoms with E-state index in [1.807, 2.05) is 0 Å². The van der Waals surface area contributed by atoms with Gasteiger partial charge in [-0.1, -0.05) is 0 Å². The molecule has 0 amide bonds. The summed E-state index contributed by atoms with van der Waals surface area (Å²) in [5.74, 6) is 0. The summed E-state index contributed by atoms with van der Waals surface area (Å²) in [5, 5.41) is 0. The van der Waals surface area contributed by atoms with Crippen molar-refractivity contribution in [2.45, 2.75) is 10.9 Å². The largest absolute Gasteiger partial charge is 0.894 e. The Hall–Kier alpha value is 0.992. The molecule has 0 aromatic rings. The monoisotopic (exact) mass is 323 g/mol. The van der Waals surface area contributed by atoms with E-state index in [4.69, 9.17) is 19.2 Å². The third-order valence-corrected chi connectivity index (χ3v) is 0. The molecule has 0 fully saturated rings. The second kappa shape index (κ2) is 6.12. The van der Waals surface area contributed by atoms with Crippen LogP contribution in [0.25, 0.3) is 0 Å². The molecule has 0 aliphatic heterocycles. The quantitative estimate of drug-likeness (QED) is 0.423. The fourth-order valence-electron chi connectivity index (χ4n) is 0. The molecule has 0 aliphatic rings. The van der Waals surface area contributed by atoms with Gasteiger partial charge in [-0.2, -0.15) is 0 Å². The summed E-state index contributed by atoms with van der Waals surface area (Å²) in [6, 6.07) is 0. The van der Waals surface area contributed by atoms with E-state index in [1.54, 1.807) is 0 Å². The Morgan fingerprint density at radius 1 is 1.25 bits per heavy atom. The molecule has 0 saturated carbocycles.